The number of benzene rings is 2. The number of nitrogens with zero attached hydrogens (tertiary/aromatic N) is 4. The Labute approximate surface area is 193 Å². The van der Waals surface area contributed by atoms with Crippen molar-refractivity contribution in [3.63, 3.8) is 0 Å². The topological polar surface area (TPSA) is 72.7 Å². The number of nitrogens with one attached hydrogen (secondary N) is 1. The predicted molar refractivity (Wildman–Crippen MR) is 114 cm³/mol. The Bertz CT molecular complexity index is 1340. The molecule has 0 atom stereocenters. The van der Waals surface area contributed by atoms with E-state index >= 15 is 0 Å². The van der Waals surface area contributed by atoms with Crippen LogP contribution in [0, 0.1) is 5.82 Å². The molecule has 0 saturated carbocycles. The third-order valence-electron chi connectivity index (χ3n) is 4.50. The normalized spacial score (nSPS) is 11.5. The minimum absolute atomic E-state index is 0.0175. The maximum Gasteiger partial charge on any atom is 0.417 e. The number of aromatic nitrogens is 4. The molecule has 2 aromatic carbocycles. The number of rotatable bonds is 4. The van der Waals surface area contributed by atoms with Crippen molar-refractivity contribution in [2.45, 2.75) is 6.18 Å². The highest BCUT2D eigenvalue weighted by atomic mass is 35.5. The molecule has 0 spiro atoms. The van der Waals surface area contributed by atoms with E-state index in [1.807, 2.05) is 0 Å². The van der Waals surface area contributed by atoms with Gasteiger partial charge in [-0.3, -0.25) is 4.79 Å². The van der Waals surface area contributed by atoms with Gasteiger partial charge >= 0.3 is 6.18 Å². The van der Waals surface area contributed by atoms with Crippen LogP contribution in [0.2, 0.25) is 10.0 Å². The fourth-order valence-corrected chi connectivity index (χ4v) is 3.55. The highest BCUT2D eigenvalue weighted by molar-refractivity contribution is 6.33. The Hall–Kier alpha value is -3.50. The molecule has 12 heteroatoms. The third-order valence-corrected chi connectivity index (χ3v) is 5.09. The lowest BCUT2D eigenvalue weighted by atomic mass is 9.96. The summed E-state index contributed by atoms with van der Waals surface area (Å²) < 4.78 is 54.6. The average Bonchev–Trinajstić information content (AvgIpc) is 3.27. The lowest BCUT2D eigenvalue weighted by molar-refractivity contribution is -0.137. The molecule has 4 rings (SSSR count). The molecule has 0 aliphatic heterocycles. The van der Waals surface area contributed by atoms with E-state index in [0.717, 1.165) is 24.3 Å². The van der Waals surface area contributed by atoms with Gasteiger partial charge in [0, 0.05) is 11.1 Å². The summed E-state index contributed by atoms with van der Waals surface area (Å²) >= 11 is 12.1. The second-order valence-corrected chi connectivity index (χ2v) is 7.50. The van der Waals surface area contributed by atoms with Crippen molar-refractivity contribution in [3.8, 4) is 16.9 Å². The molecule has 6 nitrogen and oxygen atoms in total. The molecule has 0 saturated heterocycles. The van der Waals surface area contributed by atoms with Crippen molar-refractivity contribution in [1.29, 1.82) is 0 Å². The fraction of sp³-hybridized carbons (Fsp3) is 0.0476. The van der Waals surface area contributed by atoms with Crippen LogP contribution < -0.4 is 5.32 Å². The van der Waals surface area contributed by atoms with Crippen LogP contribution in [0.3, 0.4) is 0 Å². The van der Waals surface area contributed by atoms with Crippen molar-refractivity contribution in [2.75, 3.05) is 5.32 Å². The largest absolute Gasteiger partial charge is 0.417 e. The Balaban J connectivity index is 1.65. The van der Waals surface area contributed by atoms with E-state index < -0.39 is 23.5 Å². The molecular formula is C21H11Cl2F4N5O. The molecule has 2 heterocycles. The summed E-state index contributed by atoms with van der Waals surface area (Å²) in [6.45, 7) is 0. The molecule has 1 N–H and O–H groups in total. The second kappa shape index (κ2) is 8.80. The van der Waals surface area contributed by atoms with Gasteiger partial charge in [0.05, 0.1) is 39.9 Å². The van der Waals surface area contributed by atoms with E-state index in [0.29, 0.717) is 6.07 Å². The standard InChI is InChI=1S/C21H11Cl2F4N5O/c22-17-8-12(24)2-4-15(17)14-3-1-11(7-16(14)21(25,26)27)20(33)31-13-9-18(23)19(28-10-13)32-29-5-6-30-32/h1-10H,(H,31,33). The number of hydrogen-bond donors (Lipinski definition) is 1. The molecule has 4 aromatic rings. The van der Waals surface area contributed by atoms with Crippen LogP contribution in [0.5, 0.6) is 0 Å². The predicted octanol–water partition coefficient (Wildman–Crippen LogP) is 6.05. The van der Waals surface area contributed by atoms with Gasteiger partial charge in [0.1, 0.15) is 5.82 Å². The van der Waals surface area contributed by atoms with Crippen LogP contribution in [0.15, 0.2) is 61.1 Å². The van der Waals surface area contributed by atoms with E-state index in [1.54, 1.807) is 0 Å². The highest BCUT2D eigenvalue weighted by Gasteiger charge is 2.35. The molecule has 0 radical (unpaired) electrons. The van der Waals surface area contributed by atoms with Gasteiger partial charge in [-0.15, -0.1) is 4.80 Å². The summed E-state index contributed by atoms with van der Waals surface area (Å²) in [6, 6.07) is 7.43. The molecule has 0 aliphatic carbocycles. The van der Waals surface area contributed by atoms with Gasteiger partial charge < -0.3 is 5.32 Å². The summed E-state index contributed by atoms with van der Waals surface area (Å²) in [7, 11) is 0. The number of carbonyl (C=O) groups is 1. The maximum atomic E-state index is 13.8. The summed E-state index contributed by atoms with van der Waals surface area (Å²) in [5.74, 6) is -1.30. The number of hydrogen-bond acceptors (Lipinski definition) is 4. The quantitative estimate of drug-likeness (QED) is 0.350. The van der Waals surface area contributed by atoms with Gasteiger partial charge in [-0.2, -0.15) is 23.4 Å². The summed E-state index contributed by atoms with van der Waals surface area (Å²) in [5, 5.41) is 10.2. The first-order chi connectivity index (χ1) is 15.6. The van der Waals surface area contributed by atoms with E-state index in [2.05, 4.69) is 20.5 Å². The number of amides is 1. The first kappa shape index (κ1) is 22.7. The van der Waals surface area contributed by atoms with E-state index in [1.165, 1.54) is 35.5 Å². The van der Waals surface area contributed by atoms with Gasteiger partial charge in [0.25, 0.3) is 5.91 Å². The smallest absolute Gasteiger partial charge is 0.321 e. The lowest BCUT2D eigenvalue weighted by Crippen LogP contribution is -2.15. The average molecular weight is 496 g/mol. The highest BCUT2D eigenvalue weighted by Crippen LogP contribution is 2.40. The Morgan fingerprint density at radius 1 is 0.939 bits per heavy atom. The molecule has 1 amide bonds. The minimum atomic E-state index is -4.80. The van der Waals surface area contributed by atoms with Crippen LogP contribution in [-0.2, 0) is 6.18 Å². The lowest BCUT2D eigenvalue weighted by Gasteiger charge is -2.16. The van der Waals surface area contributed by atoms with Crippen LogP contribution in [0.25, 0.3) is 16.9 Å². The third kappa shape index (κ3) is 4.81. The van der Waals surface area contributed by atoms with Crippen molar-refractivity contribution in [2.24, 2.45) is 0 Å². The van der Waals surface area contributed by atoms with Crippen LogP contribution >= 0.6 is 23.2 Å². The Morgan fingerprint density at radius 2 is 1.64 bits per heavy atom. The molecule has 33 heavy (non-hydrogen) atoms. The zero-order chi connectivity index (χ0) is 23.8. The Kier molecular flexibility index (Phi) is 6.05. The van der Waals surface area contributed by atoms with Gasteiger partial charge in [-0.25, -0.2) is 9.37 Å². The number of anilines is 1. The molecule has 0 aliphatic rings. The zero-order valence-corrected chi connectivity index (χ0v) is 17.8. The van der Waals surface area contributed by atoms with Crippen molar-refractivity contribution < 1.29 is 22.4 Å². The molecular weight excluding hydrogens is 485 g/mol. The van der Waals surface area contributed by atoms with Crippen LogP contribution in [-0.4, -0.2) is 25.9 Å². The monoisotopic (exact) mass is 495 g/mol. The SMILES string of the molecule is O=C(Nc1cnc(-n2nccn2)c(Cl)c1)c1ccc(-c2ccc(F)cc2Cl)c(C(F)(F)F)c1. The van der Waals surface area contributed by atoms with E-state index in [4.69, 9.17) is 23.2 Å². The van der Waals surface area contributed by atoms with Gasteiger partial charge in [0.2, 0.25) is 0 Å². The summed E-state index contributed by atoms with van der Waals surface area (Å²) in [5.41, 5.74) is -1.51. The fourth-order valence-electron chi connectivity index (χ4n) is 3.04. The molecule has 0 fully saturated rings. The molecule has 0 bridgehead atoms. The van der Waals surface area contributed by atoms with Crippen molar-refractivity contribution >= 4 is 34.8 Å². The zero-order valence-electron chi connectivity index (χ0n) is 16.2. The van der Waals surface area contributed by atoms with E-state index in [-0.39, 0.29) is 38.2 Å². The number of halogens is 6. The minimum Gasteiger partial charge on any atom is -0.321 e. The first-order valence-corrected chi connectivity index (χ1v) is 9.89. The molecule has 0 unspecified atom stereocenters. The van der Waals surface area contributed by atoms with Gasteiger partial charge in [-0.1, -0.05) is 29.3 Å². The summed E-state index contributed by atoms with van der Waals surface area (Å²) in [4.78, 5) is 17.9. The maximum absolute atomic E-state index is 13.8. The van der Waals surface area contributed by atoms with Crippen molar-refractivity contribution in [3.05, 3.63) is 88.0 Å². The van der Waals surface area contributed by atoms with Gasteiger partial charge in [-0.05, 0) is 42.0 Å². The van der Waals surface area contributed by atoms with E-state index in [9.17, 15) is 22.4 Å². The first-order valence-electron chi connectivity index (χ1n) is 9.14. The number of pyridine rings is 1. The van der Waals surface area contributed by atoms with Crippen LogP contribution in [0.4, 0.5) is 23.2 Å². The van der Waals surface area contributed by atoms with Gasteiger partial charge in [0.15, 0.2) is 5.82 Å². The van der Waals surface area contributed by atoms with Crippen LogP contribution in [0.1, 0.15) is 15.9 Å². The summed E-state index contributed by atoms with van der Waals surface area (Å²) in [6.07, 6.45) is -0.685. The van der Waals surface area contributed by atoms with Crippen molar-refractivity contribution in [1.82, 2.24) is 20.0 Å². The molecule has 168 valence electrons. The second-order valence-electron chi connectivity index (χ2n) is 6.68. The number of carbonyl (C=O) groups excluding carboxylic acids is 1. The molecule has 2 aromatic heterocycles. The Morgan fingerprint density at radius 3 is 2.27 bits per heavy atom. The number of alkyl halides is 3.